The molecule has 2 heterocycles. The third-order valence-corrected chi connectivity index (χ3v) is 6.01. The van der Waals surface area contributed by atoms with Gasteiger partial charge in [-0.25, -0.2) is 4.98 Å². The van der Waals surface area contributed by atoms with Crippen molar-refractivity contribution in [1.29, 1.82) is 0 Å². The molecule has 1 aliphatic rings. The zero-order valence-electron chi connectivity index (χ0n) is 17.1. The van der Waals surface area contributed by atoms with Crippen molar-refractivity contribution < 1.29 is 5.11 Å². The van der Waals surface area contributed by atoms with Gasteiger partial charge < -0.3 is 10.0 Å². The predicted octanol–water partition coefficient (Wildman–Crippen LogP) is 3.16. The second-order valence-corrected chi connectivity index (χ2v) is 8.35. The van der Waals surface area contributed by atoms with Crippen LogP contribution in [0.1, 0.15) is 30.4 Å². The first-order chi connectivity index (χ1) is 14.0. The molecule has 2 aromatic carbocycles. The summed E-state index contributed by atoms with van der Waals surface area (Å²) in [5, 5.41) is 11.7. The van der Waals surface area contributed by atoms with Crippen molar-refractivity contribution in [2.75, 3.05) is 19.6 Å². The molecule has 5 heteroatoms. The van der Waals surface area contributed by atoms with E-state index in [1.54, 1.807) is 10.9 Å². The van der Waals surface area contributed by atoms with Gasteiger partial charge in [0.05, 0.1) is 29.4 Å². The maximum Gasteiger partial charge on any atom is 0.261 e. The van der Waals surface area contributed by atoms with Crippen LogP contribution in [0.25, 0.3) is 10.9 Å². The highest BCUT2D eigenvalue weighted by atomic mass is 16.3. The van der Waals surface area contributed by atoms with E-state index >= 15 is 0 Å². The molecule has 5 nitrogen and oxygen atoms in total. The van der Waals surface area contributed by atoms with Crippen molar-refractivity contribution in [3.63, 3.8) is 0 Å². The lowest BCUT2D eigenvalue weighted by Gasteiger charge is -2.38. The number of hydrogen-bond donors (Lipinski definition) is 1. The quantitative estimate of drug-likeness (QED) is 0.701. The zero-order chi connectivity index (χ0) is 20.3. The molecule has 1 fully saturated rings. The molecule has 1 aliphatic heterocycles. The van der Waals surface area contributed by atoms with E-state index in [1.807, 2.05) is 31.2 Å². The Hall–Kier alpha value is -2.50. The maximum atomic E-state index is 12.8. The fraction of sp³-hybridized carbons (Fsp3) is 0.417. The first-order valence-electron chi connectivity index (χ1n) is 10.5. The minimum absolute atomic E-state index is 0.0753. The first kappa shape index (κ1) is 19.8. The summed E-state index contributed by atoms with van der Waals surface area (Å²) in [6.07, 6.45) is 5.14. The molecule has 0 saturated carbocycles. The van der Waals surface area contributed by atoms with E-state index < -0.39 is 5.60 Å². The van der Waals surface area contributed by atoms with E-state index in [1.165, 1.54) is 5.56 Å². The standard InChI is InChI=1S/C24H29N3O2/c1-19-9-10-21-22(16-19)25-18-27(23(21)28)17-24(29)11-14-26(15-12-24)13-5-8-20-6-3-2-4-7-20/h2-4,6-7,9-10,16,18,29H,5,8,11-15,17H2,1H3. The molecule has 1 saturated heterocycles. The Morgan fingerprint density at radius 1 is 1.10 bits per heavy atom. The lowest BCUT2D eigenvalue weighted by Crippen LogP contribution is -2.48. The second-order valence-electron chi connectivity index (χ2n) is 8.35. The number of fused-ring (bicyclic) bond motifs is 1. The maximum absolute atomic E-state index is 12.8. The number of nitrogens with zero attached hydrogens (tertiary/aromatic N) is 3. The minimum atomic E-state index is -0.847. The summed E-state index contributed by atoms with van der Waals surface area (Å²) >= 11 is 0. The highest BCUT2D eigenvalue weighted by Gasteiger charge is 2.33. The third kappa shape index (κ3) is 4.74. The summed E-state index contributed by atoms with van der Waals surface area (Å²) < 4.78 is 1.57. The van der Waals surface area contributed by atoms with E-state index in [2.05, 4.69) is 34.1 Å². The Balaban J connectivity index is 1.34. The molecule has 0 unspecified atom stereocenters. The first-order valence-corrected chi connectivity index (χ1v) is 10.5. The molecule has 0 bridgehead atoms. The van der Waals surface area contributed by atoms with Crippen molar-refractivity contribution in [3.8, 4) is 0 Å². The van der Waals surface area contributed by atoms with Gasteiger partial charge in [0.25, 0.3) is 5.56 Å². The molecular weight excluding hydrogens is 362 g/mol. The van der Waals surface area contributed by atoms with Crippen LogP contribution in [0, 0.1) is 6.92 Å². The average Bonchev–Trinajstić information content (AvgIpc) is 2.72. The molecule has 1 N–H and O–H groups in total. The van der Waals surface area contributed by atoms with Crippen LogP contribution in [-0.4, -0.2) is 44.8 Å². The number of hydrogen-bond acceptors (Lipinski definition) is 4. The van der Waals surface area contributed by atoms with Gasteiger partial charge in [-0.1, -0.05) is 36.4 Å². The van der Waals surface area contributed by atoms with E-state index in [9.17, 15) is 9.90 Å². The molecular formula is C24H29N3O2. The lowest BCUT2D eigenvalue weighted by molar-refractivity contribution is -0.0348. The fourth-order valence-electron chi connectivity index (χ4n) is 4.20. The van der Waals surface area contributed by atoms with Crippen LogP contribution in [0.3, 0.4) is 0 Å². The van der Waals surface area contributed by atoms with E-state index in [4.69, 9.17) is 0 Å². The lowest BCUT2D eigenvalue weighted by atomic mass is 9.91. The SMILES string of the molecule is Cc1ccc2c(=O)n(CC3(O)CCN(CCCc4ccccc4)CC3)cnc2c1. The van der Waals surface area contributed by atoms with Gasteiger partial charge in [-0.3, -0.25) is 9.36 Å². The molecule has 3 aromatic rings. The van der Waals surface area contributed by atoms with Crippen LogP contribution < -0.4 is 5.56 Å². The molecule has 0 radical (unpaired) electrons. The van der Waals surface area contributed by atoms with Crippen LogP contribution >= 0.6 is 0 Å². The monoisotopic (exact) mass is 391 g/mol. The van der Waals surface area contributed by atoms with Crippen LogP contribution in [0.15, 0.2) is 59.7 Å². The largest absolute Gasteiger partial charge is 0.388 e. The molecule has 0 amide bonds. The molecule has 0 spiro atoms. The summed E-state index contributed by atoms with van der Waals surface area (Å²) in [5.41, 5.74) is 2.25. The highest BCUT2D eigenvalue weighted by Crippen LogP contribution is 2.24. The van der Waals surface area contributed by atoms with E-state index in [0.29, 0.717) is 30.3 Å². The number of aromatic nitrogens is 2. The average molecular weight is 392 g/mol. The Labute approximate surface area is 171 Å². The van der Waals surface area contributed by atoms with Gasteiger partial charge in [0.15, 0.2) is 0 Å². The normalized spacial score (nSPS) is 16.9. The van der Waals surface area contributed by atoms with Crippen molar-refractivity contribution in [2.24, 2.45) is 0 Å². The van der Waals surface area contributed by atoms with Gasteiger partial charge in [-0.05, 0) is 62.4 Å². The minimum Gasteiger partial charge on any atom is -0.388 e. The molecule has 29 heavy (non-hydrogen) atoms. The predicted molar refractivity (Wildman–Crippen MR) is 116 cm³/mol. The summed E-state index contributed by atoms with van der Waals surface area (Å²) in [7, 11) is 0. The van der Waals surface area contributed by atoms with Gasteiger partial charge in [-0.2, -0.15) is 0 Å². The van der Waals surface area contributed by atoms with Gasteiger partial charge in [0.2, 0.25) is 0 Å². The van der Waals surface area contributed by atoms with E-state index in [-0.39, 0.29) is 5.56 Å². The van der Waals surface area contributed by atoms with Crippen LogP contribution in [0.5, 0.6) is 0 Å². The number of likely N-dealkylation sites (tertiary alicyclic amines) is 1. The number of piperidine rings is 1. The Morgan fingerprint density at radius 2 is 1.86 bits per heavy atom. The van der Waals surface area contributed by atoms with Gasteiger partial charge in [-0.15, -0.1) is 0 Å². The summed E-state index contributed by atoms with van der Waals surface area (Å²) in [6, 6.07) is 16.2. The Bertz CT molecular complexity index is 1020. The summed E-state index contributed by atoms with van der Waals surface area (Å²) in [6.45, 7) is 5.06. The third-order valence-electron chi connectivity index (χ3n) is 6.01. The van der Waals surface area contributed by atoms with Crippen molar-refractivity contribution in [3.05, 3.63) is 76.3 Å². The van der Waals surface area contributed by atoms with Crippen LogP contribution in [0.4, 0.5) is 0 Å². The number of aryl methyl sites for hydroxylation is 2. The Kier molecular flexibility index (Phi) is 5.79. The van der Waals surface area contributed by atoms with Crippen molar-refractivity contribution in [1.82, 2.24) is 14.5 Å². The molecule has 152 valence electrons. The number of aliphatic hydroxyl groups is 1. The van der Waals surface area contributed by atoms with E-state index in [0.717, 1.165) is 38.0 Å². The fourth-order valence-corrected chi connectivity index (χ4v) is 4.20. The van der Waals surface area contributed by atoms with Crippen molar-refractivity contribution in [2.45, 2.75) is 44.8 Å². The van der Waals surface area contributed by atoms with Gasteiger partial charge in [0, 0.05) is 13.1 Å². The molecule has 0 aliphatic carbocycles. The topological polar surface area (TPSA) is 58.4 Å². The second kappa shape index (κ2) is 8.47. The highest BCUT2D eigenvalue weighted by molar-refractivity contribution is 5.77. The summed E-state index contributed by atoms with van der Waals surface area (Å²) in [4.78, 5) is 19.6. The molecule has 0 atom stereocenters. The van der Waals surface area contributed by atoms with Crippen LogP contribution in [0.2, 0.25) is 0 Å². The number of benzene rings is 2. The summed E-state index contributed by atoms with van der Waals surface area (Å²) in [5.74, 6) is 0. The zero-order valence-corrected chi connectivity index (χ0v) is 17.1. The smallest absolute Gasteiger partial charge is 0.261 e. The van der Waals surface area contributed by atoms with Gasteiger partial charge >= 0.3 is 0 Å². The Morgan fingerprint density at radius 3 is 2.62 bits per heavy atom. The van der Waals surface area contributed by atoms with Crippen LogP contribution in [-0.2, 0) is 13.0 Å². The number of rotatable bonds is 6. The van der Waals surface area contributed by atoms with Crippen molar-refractivity contribution >= 4 is 10.9 Å². The molecule has 1 aromatic heterocycles. The van der Waals surface area contributed by atoms with Gasteiger partial charge in [0.1, 0.15) is 0 Å². The molecule has 4 rings (SSSR count).